The van der Waals surface area contributed by atoms with Crippen LogP contribution in [0.4, 0.5) is 0 Å². The molecule has 1 rings (SSSR count). The Kier molecular flexibility index (Phi) is 6.16. The third-order valence-electron chi connectivity index (χ3n) is 3.22. The molecule has 0 aliphatic heterocycles. The Hall–Kier alpha value is -1.06. The van der Waals surface area contributed by atoms with E-state index in [1.807, 2.05) is 18.2 Å². The van der Waals surface area contributed by atoms with Crippen molar-refractivity contribution in [3.8, 4) is 0 Å². The summed E-state index contributed by atoms with van der Waals surface area (Å²) in [6, 6.07) is 8.26. The number of hydrogen-bond donors (Lipinski definition) is 2. The van der Waals surface area contributed by atoms with Crippen LogP contribution in [0.15, 0.2) is 24.3 Å². The Bertz CT molecular complexity index is 392. The molecule has 0 spiro atoms. The lowest BCUT2D eigenvalue weighted by Gasteiger charge is -2.25. The van der Waals surface area contributed by atoms with Crippen molar-refractivity contribution in [2.75, 3.05) is 13.6 Å². The molecular formula is C14H22ClN3. The van der Waals surface area contributed by atoms with Gasteiger partial charge >= 0.3 is 0 Å². The first-order valence-electron chi connectivity index (χ1n) is 6.30. The van der Waals surface area contributed by atoms with Crippen LogP contribution in [0.25, 0.3) is 0 Å². The fourth-order valence-electron chi connectivity index (χ4n) is 1.92. The molecule has 0 fully saturated rings. The van der Waals surface area contributed by atoms with Gasteiger partial charge in [-0.05, 0) is 45.0 Å². The highest BCUT2D eigenvalue weighted by atomic mass is 35.5. The van der Waals surface area contributed by atoms with Crippen molar-refractivity contribution in [3.63, 3.8) is 0 Å². The number of benzene rings is 1. The van der Waals surface area contributed by atoms with Gasteiger partial charge in [0.15, 0.2) is 0 Å². The molecule has 0 heterocycles. The molecule has 0 aliphatic rings. The summed E-state index contributed by atoms with van der Waals surface area (Å²) in [6.07, 6.45) is 2.70. The number of nitrogens with zero attached hydrogens (tertiary/aromatic N) is 1. The summed E-state index contributed by atoms with van der Waals surface area (Å²) in [6.45, 7) is 3.14. The van der Waals surface area contributed by atoms with E-state index in [9.17, 15) is 0 Å². The van der Waals surface area contributed by atoms with Crippen LogP contribution in [0, 0.1) is 5.41 Å². The highest BCUT2D eigenvalue weighted by Crippen LogP contribution is 2.26. The van der Waals surface area contributed by atoms with Crippen LogP contribution in [-0.4, -0.2) is 24.3 Å². The number of rotatable bonds is 7. The topological polar surface area (TPSA) is 53.1 Å². The molecule has 0 saturated carbocycles. The van der Waals surface area contributed by atoms with Crippen molar-refractivity contribution in [2.24, 2.45) is 5.73 Å². The predicted molar refractivity (Wildman–Crippen MR) is 78.3 cm³/mol. The van der Waals surface area contributed by atoms with Gasteiger partial charge in [-0.2, -0.15) is 0 Å². The normalized spacial score (nSPS) is 12.7. The molecule has 3 nitrogen and oxygen atoms in total. The highest BCUT2D eigenvalue weighted by Gasteiger charge is 2.13. The van der Waals surface area contributed by atoms with Gasteiger partial charge in [-0.25, -0.2) is 0 Å². The first-order valence-corrected chi connectivity index (χ1v) is 6.67. The SMILES string of the molecule is CC(c1ccccc1Cl)N(C)CCCCC(=N)N. The van der Waals surface area contributed by atoms with Gasteiger partial charge in [0, 0.05) is 17.5 Å². The van der Waals surface area contributed by atoms with Crippen molar-refractivity contribution < 1.29 is 0 Å². The van der Waals surface area contributed by atoms with E-state index in [2.05, 4.69) is 24.9 Å². The molecule has 18 heavy (non-hydrogen) atoms. The van der Waals surface area contributed by atoms with E-state index in [0.29, 0.717) is 12.5 Å². The van der Waals surface area contributed by atoms with E-state index in [1.165, 1.54) is 0 Å². The summed E-state index contributed by atoms with van der Waals surface area (Å²) >= 11 is 6.19. The van der Waals surface area contributed by atoms with E-state index >= 15 is 0 Å². The highest BCUT2D eigenvalue weighted by molar-refractivity contribution is 6.31. The van der Waals surface area contributed by atoms with E-state index in [1.54, 1.807) is 0 Å². The molecule has 1 atom stereocenters. The van der Waals surface area contributed by atoms with Gasteiger partial charge in [0.1, 0.15) is 0 Å². The van der Waals surface area contributed by atoms with Gasteiger partial charge in [-0.15, -0.1) is 0 Å². The van der Waals surface area contributed by atoms with Gasteiger partial charge in [0.25, 0.3) is 0 Å². The van der Waals surface area contributed by atoms with Crippen LogP contribution < -0.4 is 5.73 Å². The second-order valence-electron chi connectivity index (χ2n) is 4.66. The number of nitrogens with one attached hydrogen (secondary N) is 1. The Labute approximate surface area is 114 Å². The smallest absolute Gasteiger partial charge is 0.0905 e. The monoisotopic (exact) mass is 267 g/mol. The zero-order valence-corrected chi connectivity index (χ0v) is 11.9. The van der Waals surface area contributed by atoms with Crippen molar-refractivity contribution in [1.29, 1.82) is 5.41 Å². The summed E-state index contributed by atoms with van der Waals surface area (Å²) in [7, 11) is 2.10. The van der Waals surface area contributed by atoms with E-state index in [4.69, 9.17) is 22.7 Å². The third-order valence-corrected chi connectivity index (χ3v) is 3.57. The molecule has 100 valence electrons. The van der Waals surface area contributed by atoms with E-state index < -0.39 is 0 Å². The second-order valence-corrected chi connectivity index (χ2v) is 5.07. The Morgan fingerprint density at radius 3 is 2.67 bits per heavy atom. The molecule has 0 amide bonds. The zero-order chi connectivity index (χ0) is 13.5. The largest absolute Gasteiger partial charge is 0.388 e. The molecule has 0 aromatic heterocycles. The number of hydrogen-bond acceptors (Lipinski definition) is 2. The Balaban J connectivity index is 2.44. The molecule has 3 N–H and O–H groups in total. The van der Waals surface area contributed by atoms with Gasteiger partial charge in [0.05, 0.1) is 5.84 Å². The molecular weight excluding hydrogens is 246 g/mol. The van der Waals surface area contributed by atoms with Gasteiger partial charge < -0.3 is 5.73 Å². The lowest BCUT2D eigenvalue weighted by molar-refractivity contribution is 0.257. The fraction of sp³-hybridized carbons (Fsp3) is 0.500. The number of nitrogens with two attached hydrogens (primary N) is 1. The predicted octanol–water partition coefficient (Wildman–Crippen LogP) is 3.44. The van der Waals surface area contributed by atoms with Crippen molar-refractivity contribution in [1.82, 2.24) is 4.90 Å². The average Bonchev–Trinajstić information content (AvgIpc) is 2.34. The number of unbranched alkanes of at least 4 members (excludes halogenated alkanes) is 1. The summed E-state index contributed by atoms with van der Waals surface area (Å²) < 4.78 is 0. The standard InChI is InChI=1S/C14H22ClN3/c1-11(12-7-3-4-8-13(12)15)18(2)10-6-5-9-14(16)17/h3-4,7-8,11H,5-6,9-10H2,1-2H3,(H3,16,17). The molecule has 0 aliphatic carbocycles. The first kappa shape index (κ1) is 15.0. The van der Waals surface area contributed by atoms with E-state index in [-0.39, 0.29) is 5.84 Å². The number of halogens is 1. The fourth-order valence-corrected chi connectivity index (χ4v) is 2.22. The lowest BCUT2D eigenvalue weighted by atomic mass is 10.1. The van der Waals surface area contributed by atoms with E-state index in [0.717, 1.165) is 30.0 Å². The van der Waals surface area contributed by atoms with Crippen LogP contribution in [0.3, 0.4) is 0 Å². The molecule has 0 radical (unpaired) electrons. The molecule has 0 saturated heterocycles. The van der Waals surface area contributed by atoms with Gasteiger partial charge in [-0.1, -0.05) is 29.8 Å². The lowest BCUT2D eigenvalue weighted by Crippen LogP contribution is -2.24. The maximum Gasteiger partial charge on any atom is 0.0905 e. The molecule has 1 aromatic rings. The summed E-state index contributed by atoms with van der Waals surface area (Å²) in [5.74, 6) is 0.275. The Morgan fingerprint density at radius 1 is 1.39 bits per heavy atom. The van der Waals surface area contributed by atoms with Crippen LogP contribution in [0.1, 0.15) is 37.8 Å². The number of amidine groups is 1. The summed E-state index contributed by atoms with van der Waals surface area (Å²) in [5, 5.41) is 7.99. The van der Waals surface area contributed by atoms with Crippen LogP contribution in [0.2, 0.25) is 5.02 Å². The van der Waals surface area contributed by atoms with Crippen LogP contribution in [-0.2, 0) is 0 Å². The molecule has 0 bridgehead atoms. The quantitative estimate of drug-likeness (QED) is 0.452. The van der Waals surface area contributed by atoms with Gasteiger partial charge in [-0.3, -0.25) is 10.3 Å². The molecule has 4 heteroatoms. The van der Waals surface area contributed by atoms with Crippen molar-refractivity contribution in [3.05, 3.63) is 34.9 Å². The van der Waals surface area contributed by atoms with Crippen LogP contribution in [0.5, 0.6) is 0 Å². The molecule has 1 unspecified atom stereocenters. The first-order chi connectivity index (χ1) is 8.52. The minimum atomic E-state index is 0.275. The summed E-state index contributed by atoms with van der Waals surface area (Å²) in [5.41, 5.74) is 6.49. The Morgan fingerprint density at radius 2 is 2.06 bits per heavy atom. The molecule has 1 aromatic carbocycles. The average molecular weight is 268 g/mol. The second kappa shape index (κ2) is 7.39. The summed E-state index contributed by atoms with van der Waals surface area (Å²) in [4.78, 5) is 2.28. The minimum absolute atomic E-state index is 0.275. The van der Waals surface area contributed by atoms with Gasteiger partial charge in [0.2, 0.25) is 0 Å². The maximum absolute atomic E-state index is 7.17. The van der Waals surface area contributed by atoms with Crippen LogP contribution >= 0.6 is 11.6 Å². The van der Waals surface area contributed by atoms with Crippen molar-refractivity contribution >= 4 is 17.4 Å². The minimum Gasteiger partial charge on any atom is -0.388 e. The maximum atomic E-state index is 7.17. The zero-order valence-electron chi connectivity index (χ0n) is 11.1. The third kappa shape index (κ3) is 4.67. The van der Waals surface area contributed by atoms with Crippen molar-refractivity contribution in [2.45, 2.75) is 32.2 Å².